The van der Waals surface area contributed by atoms with Gasteiger partial charge in [0.2, 0.25) is 5.91 Å². The molecule has 1 aromatic rings. The van der Waals surface area contributed by atoms with Crippen molar-refractivity contribution < 1.29 is 18.7 Å². The summed E-state index contributed by atoms with van der Waals surface area (Å²) >= 11 is 0. The van der Waals surface area contributed by atoms with Gasteiger partial charge in [0.15, 0.2) is 0 Å². The Morgan fingerprint density at radius 1 is 1.38 bits per heavy atom. The van der Waals surface area contributed by atoms with Crippen LogP contribution in [0.1, 0.15) is 44.7 Å². The number of hydrogen-bond donors (Lipinski definition) is 1. The fraction of sp³-hybridized carbons (Fsp3) is 0.556. The summed E-state index contributed by atoms with van der Waals surface area (Å²) < 4.78 is 18.6. The molecule has 24 heavy (non-hydrogen) atoms. The Hall–Kier alpha value is -2.11. The number of ether oxygens (including phenoxy) is 1. The van der Waals surface area contributed by atoms with Crippen LogP contribution in [0.2, 0.25) is 0 Å². The van der Waals surface area contributed by atoms with Crippen molar-refractivity contribution in [3.05, 3.63) is 35.1 Å². The third-order valence-electron chi connectivity index (χ3n) is 3.87. The van der Waals surface area contributed by atoms with Gasteiger partial charge >= 0.3 is 6.09 Å². The van der Waals surface area contributed by atoms with Crippen LogP contribution in [-0.4, -0.2) is 35.1 Å². The molecule has 1 saturated heterocycles. The number of carbonyl (C=O) groups excluding carboxylic acids is 2. The molecule has 0 spiro atoms. The van der Waals surface area contributed by atoms with E-state index in [0.717, 1.165) is 12.0 Å². The topological polar surface area (TPSA) is 58.6 Å². The van der Waals surface area contributed by atoms with Crippen LogP contribution in [-0.2, 0) is 16.1 Å². The maximum Gasteiger partial charge on any atom is 0.410 e. The summed E-state index contributed by atoms with van der Waals surface area (Å²) in [6.45, 7) is 7.90. The molecule has 6 heteroatoms. The second-order valence-corrected chi connectivity index (χ2v) is 7.13. The zero-order valence-electron chi connectivity index (χ0n) is 14.7. The monoisotopic (exact) mass is 336 g/mol. The van der Waals surface area contributed by atoms with E-state index in [0.29, 0.717) is 25.1 Å². The van der Waals surface area contributed by atoms with E-state index >= 15 is 0 Å². The Morgan fingerprint density at radius 2 is 2.08 bits per heavy atom. The minimum atomic E-state index is -0.591. The van der Waals surface area contributed by atoms with Crippen molar-refractivity contribution in [2.75, 3.05) is 6.54 Å². The Morgan fingerprint density at radius 3 is 2.71 bits per heavy atom. The average molecular weight is 336 g/mol. The van der Waals surface area contributed by atoms with Crippen molar-refractivity contribution in [1.82, 2.24) is 10.2 Å². The van der Waals surface area contributed by atoms with E-state index in [1.807, 2.05) is 0 Å². The maximum absolute atomic E-state index is 13.3. The number of nitrogens with one attached hydrogen (secondary N) is 1. The maximum atomic E-state index is 13.3. The lowest BCUT2D eigenvalue weighted by atomic mass is 10.1. The molecule has 1 unspecified atom stereocenters. The normalized spacial score (nSPS) is 17.7. The zero-order chi connectivity index (χ0) is 17.9. The first-order valence-electron chi connectivity index (χ1n) is 8.20. The lowest BCUT2D eigenvalue weighted by molar-refractivity contribution is -0.125. The molecule has 1 fully saturated rings. The molecule has 0 aliphatic carbocycles. The molecule has 1 aliphatic rings. The molecule has 0 radical (unpaired) electrons. The average Bonchev–Trinajstić information content (AvgIpc) is 2.96. The Labute approximate surface area is 142 Å². The van der Waals surface area contributed by atoms with Crippen LogP contribution >= 0.6 is 0 Å². The molecular weight excluding hydrogens is 311 g/mol. The van der Waals surface area contributed by atoms with Crippen LogP contribution in [0.4, 0.5) is 9.18 Å². The number of amides is 2. The summed E-state index contributed by atoms with van der Waals surface area (Å²) in [5.74, 6) is -0.475. The van der Waals surface area contributed by atoms with Crippen LogP contribution in [0.5, 0.6) is 0 Å². The molecule has 5 nitrogen and oxygen atoms in total. The predicted molar refractivity (Wildman–Crippen MR) is 88.9 cm³/mol. The van der Waals surface area contributed by atoms with Crippen molar-refractivity contribution in [1.29, 1.82) is 0 Å². The fourth-order valence-corrected chi connectivity index (χ4v) is 2.70. The Balaban J connectivity index is 1.95. The van der Waals surface area contributed by atoms with Crippen LogP contribution in [0.25, 0.3) is 0 Å². The molecule has 1 atom stereocenters. The van der Waals surface area contributed by atoms with E-state index in [9.17, 15) is 14.0 Å². The number of hydrogen-bond acceptors (Lipinski definition) is 3. The van der Waals surface area contributed by atoms with Gasteiger partial charge in [-0.1, -0.05) is 12.1 Å². The predicted octanol–water partition coefficient (Wildman–Crippen LogP) is 3.15. The number of carbonyl (C=O) groups is 2. The van der Waals surface area contributed by atoms with Gasteiger partial charge in [0.1, 0.15) is 17.5 Å². The summed E-state index contributed by atoms with van der Waals surface area (Å²) in [4.78, 5) is 26.1. The quantitative estimate of drug-likeness (QED) is 0.922. The highest BCUT2D eigenvalue weighted by molar-refractivity contribution is 5.86. The second-order valence-electron chi connectivity index (χ2n) is 7.13. The summed E-state index contributed by atoms with van der Waals surface area (Å²) in [5, 5.41) is 2.82. The summed E-state index contributed by atoms with van der Waals surface area (Å²) in [5.41, 5.74) is 0.772. The van der Waals surface area contributed by atoms with E-state index in [4.69, 9.17) is 4.74 Å². The van der Waals surface area contributed by atoms with Gasteiger partial charge in [-0.05, 0) is 57.7 Å². The summed E-state index contributed by atoms with van der Waals surface area (Å²) in [6.07, 6.45) is 0.929. The van der Waals surface area contributed by atoms with Gasteiger partial charge in [-0.25, -0.2) is 9.18 Å². The number of benzene rings is 1. The van der Waals surface area contributed by atoms with Gasteiger partial charge in [0.25, 0.3) is 0 Å². The molecule has 1 aliphatic heterocycles. The van der Waals surface area contributed by atoms with E-state index in [1.165, 1.54) is 11.0 Å². The number of nitrogens with zero attached hydrogens (tertiary/aromatic N) is 1. The van der Waals surface area contributed by atoms with E-state index in [-0.39, 0.29) is 11.7 Å². The molecule has 2 amide bonds. The first-order chi connectivity index (χ1) is 11.2. The van der Waals surface area contributed by atoms with Crippen LogP contribution in [0.3, 0.4) is 0 Å². The standard InChI is InChI=1S/C18H25FN2O3/c1-12-10-13(7-8-14(12)19)11-20-16(22)15-6-5-9-21(15)17(23)24-18(2,3)4/h7-8,10,15H,5-6,9,11H2,1-4H3,(H,20,22). The van der Waals surface area contributed by atoms with Gasteiger partial charge < -0.3 is 10.1 Å². The fourth-order valence-electron chi connectivity index (χ4n) is 2.70. The number of halogens is 1. The summed E-state index contributed by atoms with van der Waals surface area (Å²) in [6, 6.07) is 4.22. The number of aryl methyl sites for hydroxylation is 1. The van der Waals surface area contributed by atoms with E-state index in [1.54, 1.807) is 39.8 Å². The van der Waals surface area contributed by atoms with Crippen LogP contribution in [0.15, 0.2) is 18.2 Å². The van der Waals surface area contributed by atoms with Crippen molar-refractivity contribution in [2.45, 2.75) is 58.7 Å². The minimum Gasteiger partial charge on any atom is -0.444 e. The lowest BCUT2D eigenvalue weighted by Crippen LogP contribution is -2.47. The molecular formula is C18H25FN2O3. The zero-order valence-corrected chi connectivity index (χ0v) is 14.7. The molecule has 132 valence electrons. The third-order valence-corrected chi connectivity index (χ3v) is 3.87. The van der Waals surface area contributed by atoms with Crippen LogP contribution in [0, 0.1) is 12.7 Å². The summed E-state index contributed by atoms with van der Waals surface area (Å²) in [7, 11) is 0. The van der Waals surface area contributed by atoms with Crippen molar-refractivity contribution in [3.63, 3.8) is 0 Å². The first kappa shape index (κ1) is 18.2. The SMILES string of the molecule is Cc1cc(CNC(=O)C2CCCN2C(=O)OC(C)(C)C)ccc1F. The lowest BCUT2D eigenvalue weighted by Gasteiger charge is -2.28. The highest BCUT2D eigenvalue weighted by atomic mass is 19.1. The molecule has 0 aromatic heterocycles. The number of rotatable bonds is 3. The highest BCUT2D eigenvalue weighted by Crippen LogP contribution is 2.21. The largest absolute Gasteiger partial charge is 0.444 e. The van der Waals surface area contributed by atoms with Gasteiger partial charge in [0.05, 0.1) is 0 Å². The van der Waals surface area contributed by atoms with Crippen molar-refractivity contribution in [2.24, 2.45) is 0 Å². The molecule has 1 heterocycles. The smallest absolute Gasteiger partial charge is 0.410 e. The van der Waals surface area contributed by atoms with Crippen LogP contribution < -0.4 is 5.32 Å². The molecule has 0 bridgehead atoms. The Bertz CT molecular complexity index is 625. The van der Waals surface area contributed by atoms with Crippen molar-refractivity contribution >= 4 is 12.0 Å². The van der Waals surface area contributed by atoms with E-state index in [2.05, 4.69) is 5.32 Å². The third kappa shape index (κ3) is 4.69. The molecule has 0 saturated carbocycles. The number of likely N-dealkylation sites (tertiary alicyclic amines) is 1. The van der Waals surface area contributed by atoms with Gasteiger partial charge in [-0.3, -0.25) is 9.69 Å². The second kappa shape index (κ2) is 7.20. The minimum absolute atomic E-state index is 0.208. The molecule has 1 N–H and O–H groups in total. The van der Waals surface area contributed by atoms with E-state index < -0.39 is 17.7 Å². The molecule has 2 rings (SSSR count). The molecule has 1 aromatic carbocycles. The van der Waals surface area contributed by atoms with Gasteiger partial charge in [-0.2, -0.15) is 0 Å². The van der Waals surface area contributed by atoms with Gasteiger partial charge in [-0.15, -0.1) is 0 Å². The van der Waals surface area contributed by atoms with Gasteiger partial charge in [0, 0.05) is 13.1 Å². The Kier molecular flexibility index (Phi) is 5.47. The van der Waals surface area contributed by atoms with Crippen molar-refractivity contribution in [3.8, 4) is 0 Å². The highest BCUT2D eigenvalue weighted by Gasteiger charge is 2.36. The first-order valence-corrected chi connectivity index (χ1v) is 8.20.